The number of benzene rings is 2. The summed E-state index contributed by atoms with van der Waals surface area (Å²) in [4.78, 5) is 22.4. The molecule has 1 aliphatic heterocycles. The Hall–Kier alpha value is -3.92. The summed E-state index contributed by atoms with van der Waals surface area (Å²) >= 11 is 0. The Morgan fingerprint density at radius 3 is 1.82 bits per heavy atom. The van der Waals surface area contributed by atoms with Crippen LogP contribution in [0.3, 0.4) is 0 Å². The van der Waals surface area contributed by atoms with Crippen molar-refractivity contribution in [3.05, 3.63) is 121 Å². The van der Waals surface area contributed by atoms with E-state index in [1.54, 1.807) is 30.5 Å². The van der Waals surface area contributed by atoms with E-state index in [4.69, 9.17) is 4.42 Å². The maximum Gasteiger partial charge on any atom is 0.186 e. The van der Waals surface area contributed by atoms with Gasteiger partial charge in [0.05, 0.1) is 6.26 Å². The number of ketones is 2. The highest BCUT2D eigenvalue weighted by atomic mass is 16.3. The Morgan fingerprint density at radius 2 is 1.21 bits per heavy atom. The molecule has 3 aromatic rings. The third kappa shape index (κ3) is 5.05. The number of hydrogen-bond donors (Lipinski definition) is 1. The number of hydrogen-bond acceptors (Lipinski definition) is 4. The Kier molecular flexibility index (Phi) is 6.53. The molecule has 0 amide bonds. The van der Waals surface area contributed by atoms with E-state index >= 15 is 0 Å². The maximum absolute atomic E-state index is 11.2. The van der Waals surface area contributed by atoms with Gasteiger partial charge < -0.3 is 9.73 Å². The highest BCUT2D eigenvalue weighted by molar-refractivity contribution is 6.21. The molecular weight excluding hydrogens is 350 g/mol. The summed E-state index contributed by atoms with van der Waals surface area (Å²) in [6.45, 7) is 0. The number of fused-ring (bicyclic) bond motifs is 2. The fourth-order valence-corrected chi connectivity index (χ4v) is 2.56. The van der Waals surface area contributed by atoms with Gasteiger partial charge in [-0.3, -0.25) is 9.59 Å². The molecule has 1 aromatic heterocycles. The molecule has 0 bridgehead atoms. The number of nitrogens with one attached hydrogen (secondary N) is 1. The zero-order chi connectivity index (χ0) is 19.6. The zero-order valence-electron chi connectivity index (χ0n) is 15.1. The van der Waals surface area contributed by atoms with E-state index in [1.807, 2.05) is 67.0 Å². The van der Waals surface area contributed by atoms with Crippen LogP contribution in [0.2, 0.25) is 0 Å². The summed E-state index contributed by atoms with van der Waals surface area (Å²) in [5.41, 5.74) is 1.97. The van der Waals surface area contributed by atoms with Crippen LogP contribution in [0, 0.1) is 0 Å². The number of rotatable bonds is 0. The molecule has 2 aromatic carbocycles. The van der Waals surface area contributed by atoms with Crippen LogP contribution in [0.1, 0.15) is 20.7 Å². The van der Waals surface area contributed by atoms with Gasteiger partial charge in [0.25, 0.3) is 0 Å². The standard InChI is InChI=1S/C10H6O2.C8H6O.C6H7N/c11-9-5-6-10(12)8-4-2-1-3-7(8)9;1-2-4-8-7(3-1)5-6-9-8;1-2-4-6-7-5-3-1/h1-6H;1-6H;1-7H. The van der Waals surface area contributed by atoms with Gasteiger partial charge in [-0.25, -0.2) is 0 Å². The number of allylic oxidation sites excluding steroid dienone is 6. The van der Waals surface area contributed by atoms with Crippen molar-refractivity contribution in [2.45, 2.75) is 0 Å². The molecule has 28 heavy (non-hydrogen) atoms. The van der Waals surface area contributed by atoms with Crippen LogP contribution in [0.4, 0.5) is 0 Å². The second kappa shape index (κ2) is 9.69. The van der Waals surface area contributed by atoms with Gasteiger partial charge in [0.15, 0.2) is 11.6 Å². The van der Waals surface area contributed by atoms with Gasteiger partial charge in [-0.2, -0.15) is 0 Å². The number of carbonyl (C=O) groups excluding carboxylic acids is 2. The van der Waals surface area contributed by atoms with Crippen molar-refractivity contribution < 1.29 is 14.0 Å². The molecule has 0 unspecified atom stereocenters. The van der Waals surface area contributed by atoms with Gasteiger partial charge in [0, 0.05) is 28.9 Å². The lowest BCUT2D eigenvalue weighted by atomic mass is 9.95. The van der Waals surface area contributed by atoms with Crippen molar-refractivity contribution in [1.29, 1.82) is 0 Å². The third-order valence-corrected chi connectivity index (χ3v) is 3.92. The van der Waals surface area contributed by atoms with Gasteiger partial charge in [0.2, 0.25) is 0 Å². The predicted molar refractivity (Wildman–Crippen MR) is 111 cm³/mol. The minimum absolute atomic E-state index is 0.0924. The molecule has 0 atom stereocenters. The molecule has 0 saturated carbocycles. The first kappa shape index (κ1) is 18.9. The molecule has 4 heteroatoms. The van der Waals surface area contributed by atoms with E-state index in [1.165, 1.54) is 12.2 Å². The predicted octanol–water partition coefficient (Wildman–Crippen LogP) is 5.23. The summed E-state index contributed by atoms with van der Waals surface area (Å²) in [6.07, 6.45) is 15.9. The molecule has 0 spiro atoms. The van der Waals surface area contributed by atoms with Crippen LogP contribution in [-0.4, -0.2) is 11.6 Å². The molecule has 0 saturated heterocycles. The summed E-state index contributed by atoms with van der Waals surface area (Å²) in [5, 5.41) is 4.09. The summed E-state index contributed by atoms with van der Waals surface area (Å²) in [7, 11) is 0. The first-order chi connectivity index (χ1) is 13.8. The van der Waals surface area contributed by atoms with Crippen molar-refractivity contribution in [3.8, 4) is 0 Å². The van der Waals surface area contributed by atoms with Crippen molar-refractivity contribution >= 4 is 22.5 Å². The lowest BCUT2D eigenvalue weighted by Gasteiger charge is -2.06. The monoisotopic (exact) mass is 369 g/mol. The molecule has 4 nitrogen and oxygen atoms in total. The normalized spacial score (nSPS) is 13.6. The third-order valence-electron chi connectivity index (χ3n) is 3.92. The van der Waals surface area contributed by atoms with Crippen LogP contribution < -0.4 is 5.32 Å². The molecule has 1 N–H and O–H groups in total. The van der Waals surface area contributed by atoms with Gasteiger partial charge in [-0.05, 0) is 36.4 Å². The van der Waals surface area contributed by atoms with Gasteiger partial charge in [0.1, 0.15) is 5.58 Å². The maximum atomic E-state index is 11.2. The topological polar surface area (TPSA) is 59.3 Å². The van der Waals surface area contributed by atoms with Crippen molar-refractivity contribution in [2.75, 3.05) is 0 Å². The van der Waals surface area contributed by atoms with E-state index < -0.39 is 0 Å². The van der Waals surface area contributed by atoms with Crippen LogP contribution in [-0.2, 0) is 0 Å². The van der Waals surface area contributed by atoms with Crippen LogP contribution in [0.15, 0.2) is 114 Å². The first-order valence-corrected chi connectivity index (χ1v) is 8.78. The van der Waals surface area contributed by atoms with Crippen LogP contribution in [0.5, 0.6) is 0 Å². The first-order valence-electron chi connectivity index (χ1n) is 8.78. The molecule has 138 valence electrons. The second-order valence-corrected chi connectivity index (χ2v) is 5.84. The molecule has 0 radical (unpaired) electrons. The number of para-hydroxylation sites is 1. The molecular formula is C24H19NO3. The number of furan rings is 1. The van der Waals surface area contributed by atoms with E-state index in [0.29, 0.717) is 11.1 Å². The molecule has 1 aliphatic carbocycles. The summed E-state index contributed by atoms with van der Waals surface area (Å²) in [5.74, 6) is -0.185. The second-order valence-electron chi connectivity index (χ2n) is 5.84. The lowest BCUT2D eigenvalue weighted by molar-refractivity contribution is 0.0994. The Labute approximate surface area is 163 Å². The Balaban J connectivity index is 0.000000125. The van der Waals surface area contributed by atoms with Gasteiger partial charge in [-0.15, -0.1) is 0 Å². The van der Waals surface area contributed by atoms with Gasteiger partial charge in [-0.1, -0.05) is 54.6 Å². The Bertz CT molecular complexity index is 1000. The fraction of sp³-hybridized carbons (Fsp3) is 0. The highest BCUT2D eigenvalue weighted by Gasteiger charge is 2.16. The van der Waals surface area contributed by atoms with Crippen molar-refractivity contribution in [2.24, 2.45) is 0 Å². The minimum atomic E-state index is -0.0924. The Morgan fingerprint density at radius 1 is 0.643 bits per heavy atom. The van der Waals surface area contributed by atoms with E-state index in [2.05, 4.69) is 5.32 Å². The summed E-state index contributed by atoms with van der Waals surface area (Å²) < 4.78 is 5.12. The average Bonchev–Trinajstić information content (AvgIpc) is 3.02. The van der Waals surface area contributed by atoms with Crippen LogP contribution >= 0.6 is 0 Å². The fourth-order valence-electron chi connectivity index (χ4n) is 2.56. The largest absolute Gasteiger partial charge is 0.464 e. The molecule has 5 rings (SSSR count). The lowest BCUT2D eigenvalue weighted by Crippen LogP contribution is -2.10. The zero-order valence-corrected chi connectivity index (χ0v) is 15.1. The highest BCUT2D eigenvalue weighted by Crippen LogP contribution is 2.15. The molecule has 0 fully saturated rings. The smallest absolute Gasteiger partial charge is 0.186 e. The molecule has 2 heterocycles. The molecule has 2 aliphatic rings. The SMILES string of the molecule is C1=CC=CNC=C1.O=C1C=CC(=O)c2ccccc21.c1ccc2occc2c1. The van der Waals surface area contributed by atoms with Crippen molar-refractivity contribution in [1.82, 2.24) is 5.32 Å². The number of carbonyl (C=O) groups is 2. The quantitative estimate of drug-likeness (QED) is 0.590. The average molecular weight is 369 g/mol. The summed E-state index contributed by atoms with van der Waals surface area (Å²) in [6, 6.07) is 16.7. The van der Waals surface area contributed by atoms with E-state index in [-0.39, 0.29) is 11.6 Å². The van der Waals surface area contributed by atoms with Gasteiger partial charge >= 0.3 is 0 Å². The van der Waals surface area contributed by atoms with E-state index in [0.717, 1.165) is 11.0 Å². The van der Waals surface area contributed by atoms with E-state index in [9.17, 15) is 9.59 Å². The van der Waals surface area contributed by atoms with Crippen molar-refractivity contribution in [3.63, 3.8) is 0 Å². The van der Waals surface area contributed by atoms with Crippen LogP contribution in [0.25, 0.3) is 11.0 Å². The minimum Gasteiger partial charge on any atom is -0.464 e.